The molecule has 1 fully saturated rings. The maximum absolute atomic E-state index is 13.1. The van der Waals surface area contributed by atoms with E-state index in [0.29, 0.717) is 17.8 Å². The molecule has 0 unspecified atom stereocenters. The van der Waals surface area contributed by atoms with Gasteiger partial charge < -0.3 is 4.74 Å². The molecule has 8 heteroatoms. The fraction of sp³-hybridized carbons (Fsp3) is 0.200. The van der Waals surface area contributed by atoms with Crippen LogP contribution >= 0.6 is 0 Å². The number of non-ortho nitro benzene ring substituents is 1. The number of benzene rings is 3. The van der Waals surface area contributed by atoms with Crippen LogP contribution < -0.4 is 4.74 Å². The minimum absolute atomic E-state index is 0.00828. The number of methoxy groups -OCH3 is 1. The van der Waals surface area contributed by atoms with Crippen molar-refractivity contribution in [1.29, 1.82) is 0 Å². The second-order valence-electron chi connectivity index (χ2n) is 7.77. The predicted molar refractivity (Wildman–Crippen MR) is 125 cm³/mol. The van der Waals surface area contributed by atoms with Gasteiger partial charge in [0.2, 0.25) is 0 Å². The Morgan fingerprint density at radius 3 is 2.33 bits per heavy atom. The zero-order valence-corrected chi connectivity index (χ0v) is 18.4. The molecule has 0 bridgehead atoms. The van der Waals surface area contributed by atoms with Crippen LogP contribution in [0, 0.1) is 10.1 Å². The lowest BCUT2D eigenvalue weighted by molar-refractivity contribution is -0.384. The lowest BCUT2D eigenvalue weighted by Crippen LogP contribution is -2.29. The molecular formula is C25H24N4O4. The normalized spacial score (nSPS) is 16.8. The topological polar surface area (TPSA) is 88.3 Å². The van der Waals surface area contributed by atoms with Gasteiger partial charge in [-0.3, -0.25) is 19.8 Å². The molecule has 1 atom stereocenters. The molecule has 0 radical (unpaired) electrons. The molecule has 0 aromatic heterocycles. The molecule has 0 spiro atoms. The van der Waals surface area contributed by atoms with Crippen LogP contribution in [-0.2, 0) is 11.3 Å². The Labute approximate surface area is 191 Å². The summed E-state index contributed by atoms with van der Waals surface area (Å²) in [5, 5.41) is 17.1. The second kappa shape index (κ2) is 9.62. The van der Waals surface area contributed by atoms with Crippen LogP contribution in [0.3, 0.4) is 0 Å². The molecule has 1 aliphatic rings. The highest BCUT2D eigenvalue weighted by Crippen LogP contribution is 2.33. The summed E-state index contributed by atoms with van der Waals surface area (Å²) in [4.78, 5) is 25.6. The van der Waals surface area contributed by atoms with Crippen LogP contribution in [0.25, 0.3) is 0 Å². The molecule has 0 N–H and O–H groups in total. The molecule has 3 aromatic rings. The summed E-state index contributed by atoms with van der Waals surface area (Å²) < 4.78 is 5.28. The average molecular weight is 444 g/mol. The quantitative estimate of drug-likeness (QED) is 0.307. The van der Waals surface area contributed by atoms with E-state index in [0.717, 1.165) is 16.9 Å². The molecule has 0 aliphatic carbocycles. The van der Waals surface area contributed by atoms with E-state index in [-0.39, 0.29) is 18.1 Å². The van der Waals surface area contributed by atoms with Gasteiger partial charge in [0.1, 0.15) is 11.9 Å². The molecule has 33 heavy (non-hydrogen) atoms. The molecule has 168 valence electrons. The van der Waals surface area contributed by atoms with Gasteiger partial charge in [-0.2, -0.15) is 5.10 Å². The zero-order valence-electron chi connectivity index (χ0n) is 18.4. The molecule has 4 rings (SSSR count). The number of hydrazone groups is 1. The first-order valence-electron chi connectivity index (χ1n) is 10.5. The Kier molecular flexibility index (Phi) is 6.46. The first-order valence-corrected chi connectivity index (χ1v) is 10.5. The number of carbonyl (C=O) groups excluding carboxylic acids is 1. The van der Waals surface area contributed by atoms with E-state index in [4.69, 9.17) is 4.74 Å². The Balaban J connectivity index is 1.68. The van der Waals surface area contributed by atoms with Crippen molar-refractivity contribution < 1.29 is 14.5 Å². The number of nitro groups is 1. The van der Waals surface area contributed by atoms with Gasteiger partial charge in [0.25, 0.3) is 11.6 Å². The van der Waals surface area contributed by atoms with Gasteiger partial charge in [-0.15, -0.1) is 0 Å². The summed E-state index contributed by atoms with van der Waals surface area (Å²) in [7, 11) is 1.61. The van der Waals surface area contributed by atoms with Gasteiger partial charge >= 0.3 is 0 Å². The van der Waals surface area contributed by atoms with Crippen molar-refractivity contribution in [2.24, 2.45) is 5.10 Å². The summed E-state index contributed by atoms with van der Waals surface area (Å²) in [5.74, 6) is 0.614. The lowest BCUT2D eigenvalue weighted by atomic mass is 10.1. The molecule has 1 heterocycles. The minimum Gasteiger partial charge on any atom is -0.497 e. The van der Waals surface area contributed by atoms with Crippen LogP contribution in [0.5, 0.6) is 5.75 Å². The van der Waals surface area contributed by atoms with Gasteiger partial charge in [0.15, 0.2) is 0 Å². The van der Waals surface area contributed by atoms with Crippen LogP contribution in [-0.4, -0.2) is 40.1 Å². The van der Waals surface area contributed by atoms with E-state index >= 15 is 0 Å². The van der Waals surface area contributed by atoms with Gasteiger partial charge in [0.05, 0.1) is 24.3 Å². The molecule has 1 saturated heterocycles. The van der Waals surface area contributed by atoms with E-state index in [1.807, 2.05) is 54.6 Å². The third-order valence-electron chi connectivity index (χ3n) is 5.57. The monoisotopic (exact) mass is 444 g/mol. The highest BCUT2D eigenvalue weighted by molar-refractivity contribution is 5.99. The van der Waals surface area contributed by atoms with Crippen molar-refractivity contribution in [3.63, 3.8) is 0 Å². The molecule has 1 amide bonds. The number of carbonyl (C=O) groups is 1. The fourth-order valence-electron chi connectivity index (χ4n) is 3.87. The van der Waals surface area contributed by atoms with E-state index in [2.05, 4.69) is 10.0 Å². The van der Waals surface area contributed by atoms with Crippen LogP contribution in [0.1, 0.15) is 29.8 Å². The molecule has 0 saturated carbocycles. The van der Waals surface area contributed by atoms with Crippen molar-refractivity contribution in [1.82, 2.24) is 9.91 Å². The van der Waals surface area contributed by atoms with E-state index in [1.54, 1.807) is 26.2 Å². The highest BCUT2D eigenvalue weighted by Gasteiger charge is 2.39. The summed E-state index contributed by atoms with van der Waals surface area (Å²) in [5.41, 5.74) is 3.33. The third kappa shape index (κ3) is 4.91. The van der Waals surface area contributed by atoms with Crippen molar-refractivity contribution in [3.8, 4) is 5.75 Å². The largest absolute Gasteiger partial charge is 0.497 e. The van der Waals surface area contributed by atoms with Crippen LogP contribution in [0.2, 0.25) is 0 Å². The molecule has 1 aliphatic heterocycles. The van der Waals surface area contributed by atoms with Gasteiger partial charge in [-0.05, 0) is 47.9 Å². The van der Waals surface area contributed by atoms with Crippen molar-refractivity contribution in [2.75, 3.05) is 13.7 Å². The zero-order chi connectivity index (χ0) is 23.4. The van der Waals surface area contributed by atoms with Crippen molar-refractivity contribution >= 4 is 17.3 Å². The predicted octanol–water partition coefficient (Wildman–Crippen LogP) is 4.37. The average Bonchev–Trinajstić information content (AvgIpc) is 3.14. The Bertz CT molecular complexity index is 1160. The lowest BCUT2D eigenvalue weighted by Gasteiger charge is -2.28. The first-order chi connectivity index (χ1) is 16.0. The third-order valence-corrected chi connectivity index (χ3v) is 5.57. The maximum atomic E-state index is 13.1. The highest BCUT2D eigenvalue weighted by atomic mass is 16.6. The van der Waals surface area contributed by atoms with Crippen LogP contribution in [0.4, 0.5) is 5.69 Å². The Hall–Kier alpha value is -4.04. The van der Waals surface area contributed by atoms with E-state index < -0.39 is 11.1 Å². The van der Waals surface area contributed by atoms with E-state index in [9.17, 15) is 14.9 Å². The number of hydrogen-bond donors (Lipinski definition) is 0. The number of rotatable bonds is 7. The second-order valence-corrected chi connectivity index (χ2v) is 7.77. The minimum atomic E-state index is -0.443. The van der Waals surface area contributed by atoms with Crippen LogP contribution in [0.15, 0.2) is 84.0 Å². The summed E-state index contributed by atoms with van der Waals surface area (Å²) in [6.45, 7) is 2.61. The Morgan fingerprint density at radius 1 is 1.06 bits per heavy atom. The molecule has 8 nitrogen and oxygen atoms in total. The Morgan fingerprint density at radius 2 is 1.73 bits per heavy atom. The van der Waals surface area contributed by atoms with Crippen molar-refractivity contribution in [2.45, 2.75) is 19.6 Å². The number of hydrogen-bond acceptors (Lipinski definition) is 6. The summed E-state index contributed by atoms with van der Waals surface area (Å²) in [6.07, 6.45) is -0.392. The van der Waals surface area contributed by atoms with Gasteiger partial charge in [-0.1, -0.05) is 42.5 Å². The summed E-state index contributed by atoms with van der Waals surface area (Å²) >= 11 is 0. The summed E-state index contributed by atoms with van der Waals surface area (Å²) in [6, 6.07) is 23.7. The SMILES string of the molecule is COc1ccc([C@@H]2N(Cc3ccccc3)CC(=O)N2/N=C(/C)c2ccc([N+](=O)[O-])cc2)cc1. The number of nitro benzene ring substituents is 1. The van der Waals surface area contributed by atoms with Crippen molar-refractivity contribution in [3.05, 3.63) is 106 Å². The van der Waals surface area contributed by atoms with E-state index in [1.165, 1.54) is 17.1 Å². The van der Waals surface area contributed by atoms with Gasteiger partial charge in [-0.25, -0.2) is 5.01 Å². The number of amides is 1. The maximum Gasteiger partial charge on any atom is 0.269 e. The molecular weight excluding hydrogens is 420 g/mol. The fourth-order valence-corrected chi connectivity index (χ4v) is 3.87. The smallest absolute Gasteiger partial charge is 0.269 e. The standard InChI is InChI=1S/C25H24N4O4/c1-18(20-8-12-22(13-9-20)29(31)32)26-28-24(30)17-27(16-19-6-4-3-5-7-19)25(28)21-10-14-23(33-2)15-11-21/h3-15,25H,16-17H2,1-2H3/b26-18-/t25-/m1/s1. The molecule has 3 aromatic carbocycles. The van der Waals surface area contributed by atoms with Gasteiger partial charge in [0, 0.05) is 18.7 Å². The number of ether oxygens (including phenoxy) is 1. The first kappa shape index (κ1) is 22.2. The number of nitrogens with zero attached hydrogens (tertiary/aromatic N) is 4.